The fourth-order valence-corrected chi connectivity index (χ4v) is 1.79. The smallest absolute Gasteiger partial charge is 0.351 e. The molecule has 1 aromatic rings. The maximum absolute atomic E-state index is 11.7. The molecular formula is C16H18O4. The van der Waals surface area contributed by atoms with Gasteiger partial charge in [0, 0.05) is 6.42 Å². The largest absolute Gasteiger partial charge is 0.466 e. The van der Waals surface area contributed by atoms with Gasteiger partial charge >= 0.3 is 11.9 Å². The Morgan fingerprint density at radius 1 is 1.30 bits per heavy atom. The minimum Gasteiger partial charge on any atom is -0.466 e. The van der Waals surface area contributed by atoms with Crippen LogP contribution < -0.4 is 0 Å². The molecule has 0 aliphatic heterocycles. The number of carbonyl (C=O) groups excluding carboxylic acids is 2. The molecule has 0 bridgehead atoms. The molecular weight excluding hydrogens is 256 g/mol. The lowest BCUT2D eigenvalue weighted by Crippen LogP contribution is -2.26. The van der Waals surface area contributed by atoms with E-state index in [1.54, 1.807) is 12.2 Å². The topological polar surface area (TPSA) is 52.6 Å². The number of esters is 2. The van der Waals surface area contributed by atoms with Gasteiger partial charge in [-0.2, -0.15) is 0 Å². The Balaban J connectivity index is 1.97. The van der Waals surface area contributed by atoms with E-state index in [1.165, 1.54) is 7.11 Å². The fourth-order valence-electron chi connectivity index (χ4n) is 1.79. The van der Waals surface area contributed by atoms with Crippen molar-refractivity contribution in [3.63, 3.8) is 0 Å². The molecule has 0 heterocycles. The summed E-state index contributed by atoms with van der Waals surface area (Å²) >= 11 is 0. The summed E-state index contributed by atoms with van der Waals surface area (Å²) in [6, 6.07) is 9.50. The third-order valence-corrected chi connectivity index (χ3v) is 3.11. The number of ether oxygens (including phenoxy) is 2. The number of benzene rings is 1. The zero-order chi connectivity index (χ0) is 14.4. The van der Waals surface area contributed by atoms with Gasteiger partial charge < -0.3 is 9.47 Å². The van der Waals surface area contributed by atoms with Crippen LogP contribution in [0.15, 0.2) is 36.4 Å². The lowest BCUT2D eigenvalue weighted by molar-refractivity contribution is -0.162. The Hall–Kier alpha value is -2.10. The minimum atomic E-state index is -0.980. The SMILES string of the molecule is COC(=O)[C@@H](/C=C/c1ccccc1)OC(=O)CC1CC1. The third kappa shape index (κ3) is 4.53. The van der Waals surface area contributed by atoms with Gasteiger partial charge in [-0.3, -0.25) is 4.79 Å². The van der Waals surface area contributed by atoms with Gasteiger partial charge in [0.2, 0.25) is 6.10 Å². The summed E-state index contributed by atoms with van der Waals surface area (Å²) in [7, 11) is 1.28. The summed E-state index contributed by atoms with van der Waals surface area (Å²) in [5.74, 6) is -0.485. The zero-order valence-corrected chi connectivity index (χ0v) is 11.5. The van der Waals surface area contributed by atoms with Crippen molar-refractivity contribution < 1.29 is 19.1 Å². The number of hydrogen-bond acceptors (Lipinski definition) is 4. The highest BCUT2D eigenvalue weighted by molar-refractivity contribution is 5.82. The van der Waals surface area contributed by atoms with Crippen LogP contribution in [0.25, 0.3) is 6.08 Å². The van der Waals surface area contributed by atoms with E-state index < -0.39 is 12.1 Å². The van der Waals surface area contributed by atoms with E-state index in [-0.39, 0.29) is 5.97 Å². The molecule has 0 spiro atoms. The second-order valence-corrected chi connectivity index (χ2v) is 4.85. The van der Waals surface area contributed by atoms with Gasteiger partial charge in [0.05, 0.1) is 7.11 Å². The summed E-state index contributed by atoms with van der Waals surface area (Å²) in [5, 5.41) is 0. The van der Waals surface area contributed by atoms with Crippen LogP contribution in [0.1, 0.15) is 24.8 Å². The number of methoxy groups -OCH3 is 1. The molecule has 1 aliphatic carbocycles. The first kappa shape index (κ1) is 14.3. The maximum atomic E-state index is 11.7. The number of rotatable bonds is 6. The van der Waals surface area contributed by atoms with Gasteiger partial charge in [0.25, 0.3) is 0 Å². The van der Waals surface area contributed by atoms with Gasteiger partial charge in [-0.1, -0.05) is 36.4 Å². The van der Waals surface area contributed by atoms with E-state index in [1.807, 2.05) is 30.3 Å². The van der Waals surface area contributed by atoms with Crippen LogP contribution in [-0.2, 0) is 19.1 Å². The molecule has 0 unspecified atom stereocenters. The van der Waals surface area contributed by atoms with Gasteiger partial charge in [-0.25, -0.2) is 4.79 Å². The Labute approximate surface area is 118 Å². The van der Waals surface area contributed by atoms with Crippen LogP contribution in [0.3, 0.4) is 0 Å². The molecule has 4 heteroatoms. The zero-order valence-electron chi connectivity index (χ0n) is 11.5. The lowest BCUT2D eigenvalue weighted by atomic mass is 10.2. The first-order valence-electron chi connectivity index (χ1n) is 6.69. The highest BCUT2D eigenvalue weighted by Gasteiger charge is 2.28. The maximum Gasteiger partial charge on any atom is 0.351 e. The molecule has 4 nitrogen and oxygen atoms in total. The second-order valence-electron chi connectivity index (χ2n) is 4.85. The molecule has 1 aromatic carbocycles. The first-order valence-corrected chi connectivity index (χ1v) is 6.69. The third-order valence-electron chi connectivity index (χ3n) is 3.11. The van der Waals surface area contributed by atoms with E-state index in [0.29, 0.717) is 12.3 Å². The normalized spacial score (nSPS) is 15.8. The minimum absolute atomic E-state index is 0.347. The number of hydrogen-bond donors (Lipinski definition) is 0. The Bertz CT molecular complexity index is 488. The molecule has 0 radical (unpaired) electrons. The van der Waals surface area contributed by atoms with Crippen molar-refractivity contribution in [1.29, 1.82) is 0 Å². The molecule has 0 N–H and O–H groups in total. The first-order chi connectivity index (χ1) is 9.69. The summed E-state index contributed by atoms with van der Waals surface area (Å²) in [4.78, 5) is 23.3. The predicted molar refractivity (Wildman–Crippen MR) is 74.7 cm³/mol. The summed E-state index contributed by atoms with van der Waals surface area (Å²) in [6.07, 6.45) is 4.83. The van der Waals surface area contributed by atoms with Crippen LogP contribution >= 0.6 is 0 Å². The molecule has 1 atom stereocenters. The van der Waals surface area contributed by atoms with E-state index in [9.17, 15) is 9.59 Å². The molecule has 1 aliphatic rings. The van der Waals surface area contributed by atoms with Gasteiger partial charge in [-0.05, 0) is 30.4 Å². The highest BCUT2D eigenvalue weighted by atomic mass is 16.6. The van der Waals surface area contributed by atoms with Crippen molar-refractivity contribution in [1.82, 2.24) is 0 Å². The van der Waals surface area contributed by atoms with Crippen LogP contribution in [0.2, 0.25) is 0 Å². The van der Waals surface area contributed by atoms with Crippen molar-refractivity contribution in [2.75, 3.05) is 7.11 Å². The van der Waals surface area contributed by atoms with E-state index in [2.05, 4.69) is 4.74 Å². The molecule has 1 fully saturated rings. The quantitative estimate of drug-likeness (QED) is 0.748. The van der Waals surface area contributed by atoms with E-state index in [0.717, 1.165) is 18.4 Å². The summed E-state index contributed by atoms with van der Waals surface area (Å²) in [5.41, 5.74) is 0.930. The predicted octanol–water partition coefficient (Wildman–Crippen LogP) is 2.58. The van der Waals surface area contributed by atoms with Crippen molar-refractivity contribution in [2.24, 2.45) is 5.92 Å². The van der Waals surface area contributed by atoms with E-state index >= 15 is 0 Å². The van der Waals surface area contributed by atoms with Crippen molar-refractivity contribution in [3.8, 4) is 0 Å². The van der Waals surface area contributed by atoms with Gasteiger partial charge in [0.15, 0.2) is 0 Å². The lowest BCUT2D eigenvalue weighted by Gasteiger charge is -2.12. The highest BCUT2D eigenvalue weighted by Crippen LogP contribution is 2.32. The van der Waals surface area contributed by atoms with Gasteiger partial charge in [-0.15, -0.1) is 0 Å². The molecule has 0 amide bonds. The molecule has 2 rings (SSSR count). The van der Waals surface area contributed by atoms with Crippen LogP contribution in [-0.4, -0.2) is 25.2 Å². The molecule has 106 valence electrons. The van der Waals surface area contributed by atoms with Crippen LogP contribution in [0, 0.1) is 5.92 Å². The van der Waals surface area contributed by atoms with Crippen LogP contribution in [0.5, 0.6) is 0 Å². The van der Waals surface area contributed by atoms with E-state index in [4.69, 9.17) is 4.74 Å². The molecule has 1 saturated carbocycles. The van der Waals surface area contributed by atoms with Crippen molar-refractivity contribution in [3.05, 3.63) is 42.0 Å². The standard InChI is InChI=1S/C16H18O4/c1-19-16(18)14(20-15(17)11-13-7-8-13)10-9-12-5-3-2-4-6-12/h2-6,9-10,13-14H,7-8,11H2,1H3/b10-9+/t14-/m1/s1. The van der Waals surface area contributed by atoms with Gasteiger partial charge in [0.1, 0.15) is 0 Å². The molecule has 0 aromatic heterocycles. The van der Waals surface area contributed by atoms with Crippen LogP contribution in [0.4, 0.5) is 0 Å². The average molecular weight is 274 g/mol. The Kier molecular flexibility index (Phi) is 4.93. The Morgan fingerprint density at radius 2 is 2.00 bits per heavy atom. The van der Waals surface area contributed by atoms with Crippen molar-refractivity contribution >= 4 is 18.0 Å². The fraction of sp³-hybridized carbons (Fsp3) is 0.375. The monoisotopic (exact) mass is 274 g/mol. The van der Waals surface area contributed by atoms with Crippen molar-refractivity contribution in [2.45, 2.75) is 25.4 Å². The summed E-state index contributed by atoms with van der Waals surface area (Å²) < 4.78 is 9.83. The summed E-state index contributed by atoms with van der Waals surface area (Å²) in [6.45, 7) is 0. The second kappa shape index (κ2) is 6.89. The number of carbonyl (C=O) groups is 2. The molecule has 0 saturated heterocycles. The molecule has 20 heavy (non-hydrogen) atoms. The Morgan fingerprint density at radius 3 is 2.60 bits per heavy atom. The average Bonchev–Trinajstić information content (AvgIpc) is 3.27.